The summed E-state index contributed by atoms with van der Waals surface area (Å²) in [6, 6.07) is 5.91. The largest absolute Gasteiger partial charge is 0.404 e. The highest BCUT2D eigenvalue weighted by atomic mass is 127. The van der Waals surface area contributed by atoms with Crippen molar-refractivity contribution in [2.45, 2.75) is 13.0 Å². The molecule has 0 aliphatic carbocycles. The maximum absolute atomic E-state index is 13.3. The lowest BCUT2D eigenvalue weighted by Gasteiger charge is -2.15. The van der Waals surface area contributed by atoms with Gasteiger partial charge in [-0.15, -0.1) is 0 Å². The standard InChI is InChI=1S/C14H13ClFIN4O/c1-7-4-12(13(22)9(6-18)14(15)19)21(20-7)11-3-2-8(16)5-10(11)17/h2-6,13,19,22H,18H2,1H3/b9-6-,19-14?. The van der Waals surface area contributed by atoms with Gasteiger partial charge in [-0.3, -0.25) is 5.41 Å². The van der Waals surface area contributed by atoms with E-state index >= 15 is 0 Å². The van der Waals surface area contributed by atoms with Crippen LogP contribution in [0, 0.1) is 21.7 Å². The van der Waals surface area contributed by atoms with Crippen molar-refractivity contribution in [2.24, 2.45) is 5.73 Å². The van der Waals surface area contributed by atoms with Gasteiger partial charge >= 0.3 is 0 Å². The molecular weight excluding hydrogens is 422 g/mol. The Bertz CT molecular complexity index is 759. The average molecular weight is 435 g/mol. The van der Waals surface area contributed by atoms with E-state index in [4.69, 9.17) is 22.7 Å². The lowest BCUT2D eigenvalue weighted by atomic mass is 10.1. The number of nitrogens with two attached hydrogens (primary N) is 1. The van der Waals surface area contributed by atoms with Gasteiger partial charge in [-0.2, -0.15) is 5.10 Å². The molecule has 0 amide bonds. The fourth-order valence-corrected chi connectivity index (χ4v) is 2.88. The van der Waals surface area contributed by atoms with Gasteiger partial charge in [0, 0.05) is 15.3 Å². The van der Waals surface area contributed by atoms with Crippen molar-refractivity contribution in [3.8, 4) is 5.69 Å². The third-order valence-electron chi connectivity index (χ3n) is 3.00. The van der Waals surface area contributed by atoms with E-state index in [0.29, 0.717) is 20.6 Å². The summed E-state index contributed by atoms with van der Waals surface area (Å²) in [6.07, 6.45) is -0.125. The van der Waals surface area contributed by atoms with Gasteiger partial charge in [-0.1, -0.05) is 11.6 Å². The summed E-state index contributed by atoms with van der Waals surface area (Å²) < 4.78 is 15.4. The molecule has 0 spiro atoms. The third-order valence-corrected chi connectivity index (χ3v) is 4.09. The zero-order valence-corrected chi connectivity index (χ0v) is 14.4. The summed E-state index contributed by atoms with van der Waals surface area (Å²) in [4.78, 5) is 0. The summed E-state index contributed by atoms with van der Waals surface area (Å²) >= 11 is 7.63. The first-order valence-electron chi connectivity index (χ1n) is 6.21. The van der Waals surface area contributed by atoms with Crippen LogP contribution in [-0.4, -0.2) is 20.1 Å². The summed E-state index contributed by atoms with van der Waals surface area (Å²) in [5.41, 5.74) is 7.16. The number of aliphatic hydroxyl groups is 1. The molecule has 5 nitrogen and oxygen atoms in total. The van der Waals surface area contributed by atoms with E-state index in [1.54, 1.807) is 19.1 Å². The molecule has 0 aliphatic rings. The van der Waals surface area contributed by atoms with Crippen LogP contribution in [0.4, 0.5) is 4.39 Å². The second-order valence-electron chi connectivity index (χ2n) is 4.56. The van der Waals surface area contributed by atoms with E-state index in [9.17, 15) is 9.50 Å². The van der Waals surface area contributed by atoms with Crippen molar-refractivity contribution in [3.63, 3.8) is 0 Å². The smallest absolute Gasteiger partial charge is 0.128 e. The molecule has 22 heavy (non-hydrogen) atoms. The number of nitrogens with zero attached hydrogens (tertiary/aromatic N) is 2. The Labute approximate surface area is 145 Å². The molecule has 0 radical (unpaired) electrons. The van der Waals surface area contributed by atoms with Gasteiger partial charge in [0.25, 0.3) is 0 Å². The lowest BCUT2D eigenvalue weighted by molar-refractivity contribution is 0.213. The summed E-state index contributed by atoms with van der Waals surface area (Å²) in [6.45, 7) is 1.76. The minimum Gasteiger partial charge on any atom is -0.404 e. The number of aliphatic hydroxyl groups excluding tert-OH is 1. The molecule has 1 aromatic carbocycles. The Morgan fingerprint density at radius 2 is 2.23 bits per heavy atom. The minimum atomic E-state index is -1.21. The first-order chi connectivity index (χ1) is 10.3. The average Bonchev–Trinajstić information content (AvgIpc) is 2.80. The SMILES string of the molecule is Cc1cc(C(O)/C(=C/N)C(=N)Cl)n(-c2ccc(F)cc2I)n1. The van der Waals surface area contributed by atoms with Gasteiger partial charge in [0.05, 0.1) is 17.1 Å². The predicted molar refractivity (Wildman–Crippen MR) is 91.8 cm³/mol. The van der Waals surface area contributed by atoms with Crippen LogP contribution in [-0.2, 0) is 0 Å². The molecule has 8 heteroatoms. The molecule has 0 aliphatic heterocycles. The number of benzene rings is 1. The van der Waals surface area contributed by atoms with Crippen LogP contribution in [0.3, 0.4) is 0 Å². The first kappa shape index (κ1) is 16.9. The fourth-order valence-electron chi connectivity index (χ4n) is 2.00. The maximum atomic E-state index is 13.3. The molecular formula is C14H13ClFIN4O. The summed E-state index contributed by atoms with van der Waals surface area (Å²) in [5.74, 6) is -0.357. The molecule has 1 heterocycles. The van der Waals surface area contributed by atoms with Crippen LogP contribution >= 0.6 is 34.2 Å². The number of rotatable bonds is 4. The molecule has 1 aromatic heterocycles. The molecule has 1 atom stereocenters. The first-order valence-corrected chi connectivity index (χ1v) is 7.67. The van der Waals surface area contributed by atoms with E-state index in [-0.39, 0.29) is 16.6 Å². The molecule has 0 fully saturated rings. The number of halogens is 3. The predicted octanol–water partition coefficient (Wildman–Crippen LogP) is 3.02. The third kappa shape index (κ3) is 3.31. The van der Waals surface area contributed by atoms with Crippen molar-refractivity contribution in [1.82, 2.24) is 9.78 Å². The van der Waals surface area contributed by atoms with Crippen LogP contribution < -0.4 is 5.73 Å². The van der Waals surface area contributed by atoms with Crippen LogP contribution in [0.15, 0.2) is 36.0 Å². The number of nitrogens with one attached hydrogen (secondary N) is 1. The number of aromatic nitrogens is 2. The summed E-state index contributed by atoms with van der Waals surface area (Å²) in [5, 5.41) is 21.9. The van der Waals surface area contributed by atoms with Gasteiger partial charge in [-0.25, -0.2) is 9.07 Å². The molecule has 0 saturated carbocycles. The maximum Gasteiger partial charge on any atom is 0.128 e. The lowest BCUT2D eigenvalue weighted by Crippen LogP contribution is -2.14. The van der Waals surface area contributed by atoms with Gasteiger partial charge in [-0.05, 0) is 53.8 Å². The van der Waals surface area contributed by atoms with Gasteiger partial charge in [0.1, 0.15) is 17.1 Å². The Morgan fingerprint density at radius 3 is 2.77 bits per heavy atom. The van der Waals surface area contributed by atoms with Crippen molar-refractivity contribution in [1.29, 1.82) is 5.41 Å². The Morgan fingerprint density at radius 1 is 1.55 bits per heavy atom. The number of aryl methyl sites for hydroxylation is 1. The second-order valence-corrected chi connectivity index (χ2v) is 6.10. The van der Waals surface area contributed by atoms with Gasteiger partial charge in [0.2, 0.25) is 0 Å². The number of hydrogen-bond acceptors (Lipinski definition) is 4. The van der Waals surface area contributed by atoms with Crippen LogP contribution in [0.5, 0.6) is 0 Å². The Balaban J connectivity index is 2.58. The fraction of sp³-hybridized carbons (Fsp3) is 0.143. The zero-order chi connectivity index (χ0) is 16.4. The van der Waals surface area contributed by atoms with Crippen molar-refractivity contribution < 1.29 is 9.50 Å². The molecule has 4 N–H and O–H groups in total. The van der Waals surface area contributed by atoms with E-state index < -0.39 is 6.10 Å². The highest BCUT2D eigenvalue weighted by Crippen LogP contribution is 2.28. The molecule has 1 unspecified atom stereocenters. The van der Waals surface area contributed by atoms with Gasteiger partial charge in [0.15, 0.2) is 0 Å². The van der Waals surface area contributed by atoms with Crippen molar-refractivity contribution >= 4 is 39.4 Å². The summed E-state index contributed by atoms with van der Waals surface area (Å²) in [7, 11) is 0. The Kier molecular flexibility index (Phi) is 5.20. The minimum absolute atomic E-state index is 0.0694. The second kappa shape index (κ2) is 6.76. The van der Waals surface area contributed by atoms with E-state index in [2.05, 4.69) is 5.10 Å². The van der Waals surface area contributed by atoms with Crippen LogP contribution in [0.1, 0.15) is 17.5 Å². The normalized spacial score (nSPS) is 13.2. The molecule has 2 rings (SSSR count). The molecule has 2 aromatic rings. The van der Waals surface area contributed by atoms with E-state index in [1.807, 2.05) is 22.6 Å². The highest BCUT2D eigenvalue weighted by molar-refractivity contribution is 14.1. The zero-order valence-electron chi connectivity index (χ0n) is 11.5. The molecule has 0 bridgehead atoms. The topological polar surface area (TPSA) is 87.9 Å². The van der Waals surface area contributed by atoms with Crippen LogP contribution in [0.2, 0.25) is 0 Å². The Hall–Kier alpha value is -1.45. The van der Waals surface area contributed by atoms with E-state index in [1.165, 1.54) is 16.8 Å². The monoisotopic (exact) mass is 434 g/mol. The van der Waals surface area contributed by atoms with Crippen LogP contribution in [0.25, 0.3) is 5.69 Å². The van der Waals surface area contributed by atoms with Crippen molar-refractivity contribution in [2.75, 3.05) is 0 Å². The van der Waals surface area contributed by atoms with E-state index in [0.717, 1.165) is 6.20 Å². The molecule has 0 saturated heterocycles. The van der Waals surface area contributed by atoms with Gasteiger partial charge < -0.3 is 10.8 Å². The molecule has 116 valence electrons. The van der Waals surface area contributed by atoms with Crippen molar-refractivity contribution in [3.05, 3.63) is 56.8 Å². The highest BCUT2D eigenvalue weighted by Gasteiger charge is 2.23. The quantitative estimate of drug-likeness (QED) is 0.511. The number of hydrogen-bond donors (Lipinski definition) is 3.